The van der Waals surface area contributed by atoms with Crippen molar-refractivity contribution in [2.75, 3.05) is 32.9 Å². The van der Waals surface area contributed by atoms with Crippen molar-refractivity contribution in [3.05, 3.63) is 23.7 Å². The fourth-order valence-electron chi connectivity index (χ4n) is 3.24. The lowest BCUT2D eigenvalue weighted by atomic mass is 10.1. The minimum atomic E-state index is -0.172. The molecule has 1 amide bonds. The molecule has 1 aromatic rings. The molecule has 1 aromatic heterocycles. The van der Waals surface area contributed by atoms with Crippen LogP contribution in [-0.2, 0) is 16.0 Å². The Labute approximate surface area is 137 Å². The number of rotatable bonds is 6. The van der Waals surface area contributed by atoms with E-state index in [1.165, 1.54) is 12.8 Å². The lowest BCUT2D eigenvalue weighted by Gasteiger charge is -2.31. The summed E-state index contributed by atoms with van der Waals surface area (Å²) in [6.07, 6.45) is 3.17. The standard InChI is InChI=1S/C17H26N2O4/c1-2-22-16-12-21-10-7-14(16)18-17(20)15-6-5-13(23-15)11-19-8-3-4-9-19/h5-6,14,16H,2-4,7-12H2,1H3,(H,18,20)/t14-,16-/m1/s1. The van der Waals surface area contributed by atoms with Gasteiger partial charge >= 0.3 is 0 Å². The zero-order valence-electron chi connectivity index (χ0n) is 13.8. The molecule has 0 aromatic carbocycles. The molecule has 0 saturated carbocycles. The van der Waals surface area contributed by atoms with Gasteiger partial charge in [-0.2, -0.15) is 0 Å². The molecule has 0 unspecified atom stereocenters. The van der Waals surface area contributed by atoms with Crippen LogP contribution in [-0.4, -0.2) is 55.9 Å². The van der Waals surface area contributed by atoms with Gasteiger partial charge in [0.2, 0.25) is 0 Å². The van der Waals surface area contributed by atoms with Crippen LogP contribution in [0.5, 0.6) is 0 Å². The predicted octanol–water partition coefficient (Wildman–Crippen LogP) is 1.80. The summed E-state index contributed by atoms with van der Waals surface area (Å²) in [6, 6.07) is 3.64. The van der Waals surface area contributed by atoms with Crippen LogP contribution in [0.3, 0.4) is 0 Å². The van der Waals surface area contributed by atoms with Crippen LogP contribution in [0.15, 0.2) is 16.5 Å². The first-order chi connectivity index (χ1) is 11.3. The van der Waals surface area contributed by atoms with Gasteiger partial charge in [0, 0.05) is 13.2 Å². The minimum absolute atomic E-state index is 0.0247. The molecule has 0 radical (unpaired) electrons. The maximum Gasteiger partial charge on any atom is 0.287 e. The second-order valence-electron chi connectivity index (χ2n) is 6.19. The van der Waals surface area contributed by atoms with Crippen LogP contribution in [0.25, 0.3) is 0 Å². The molecule has 128 valence electrons. The Bertz CT molecular complexity index is 508. The second kappa shape index (κ2) is 7.95. The average Bonchev–Trinajstić information content (AvgIpc) is 3.22. The van der Waals surface area contributed by atoms with Crippen LogP contribution in [0.2, 0.25) is 0 Å². The van der Waals surface area contributed by atoms with Gasteiger partial charge in [0.1, 0.15) is 11.9 Å². The van der Waals surface area contributed by atoms with Crippen LogP contribution in [0.4, 0.5) is 0 Å². The smallest absolute Gasteiger partial charge is 0.287 e. The molecule has 1 N–H and O–H groups in total. The van der Waals surface area contributed by atoms with Crippen molar-refractivity contribution in [1.82, 2.24) is 10.2 Å². The normalized spacial score (nSPS) is 25.6. The molecule has 0 spiro atoms. The monoisotopic (exact) mass is 322 g/mol. The summed E-state index contributed by atoms with van der Waals surface area (Å²) in [7, 11) is 0. The largest absolute Gasteiger partial charge is 0.455 e. The molecule has 3 rings (SSSR count). The van der Waals surface area contributed by atoms with Gasteiger partial charge in [0.15, 0.2) is 5.76 Å². The summed E-state index contributed by atoms with van der Waals surface area (Å²) in [4.78, 5) is 14.7. The van der Waals surface area contributed by atoms with Gasteiger partial charge in [-0.05, 0) is 51.4 Å². The van der Waals surface area contributed by atoms with E-state index in [4.69, 9.17) is 13.9 Å². The SMILES string of the molecule is CCO[C@@H]1COCC[C@H]1NC(=O)c1ccc(CN2CCCC2)o1. The number of carbonyl (C=O) groups excluding carboxylic acids is 1. The first-order valence-corrected chi connectivity index (χ1v) is 8.57. The second-order valence-corrected chi connectivity index (χ2v) is 6.19. The van der Waals surface area contributed by atoms with Crippen molar-refractivity contribution in [3.63, 3.8) is 0 Å². The quantitative estimate of drug-likeness (QED) is 0.865. The average molecular weight is 322 g/mol. The fourth-order valence-corrected chi connectivity index (χ4v) is 3.24. The van der Waals surface area contributed by atoms with E-state index in [9.17, 15) is 4.79 Å². The highest BCUT2D eigenvalue weighted by molar-refractivity contribution is 5.91. The van der Waals surface area contributed by atoms with Gasteiger partial charge in [-0.1, -0.05) is 0 Å². The predicted molar refractivity (Wildman–Crippen MR) is 85.3 cm³/mol. The molecule has 3 heterocycles. The van der Waals surface area contributed by atoms with Gasteiger partial charge in [-0.15, -0.1) is 0 Å². The van der Waals surface area contributed by atoms with E-state index in [2.05, 4.69) is 10.2 Å². The molecule has 2 atom stereocenters. The van der Waals surface area contributed by atoms with Crippen molar-refractivity contribution >= 4 is 5.91 Å². The van der Waals surface area contributed by atoms with Gasteiger partial charge < -0.3 is 19.2 Å². The van der Waals surface area contributed by atoms with E-state index in [1.54, 1.807) is 6.07 Å². The highest BCUT2D eigenvalue weighted by atomic mass is 16.5. The number of hydrogen-bond donors (Lipinski definition) is 1. The molecular formula is C17H26N2O4. The number of furan rings is 1. The Hall–Kier alpha value is -1.37. The van der Waals surface area contributed by atoms with Crippen LogP contribution >= 0.6 is 0 Å². The Balaban J connectivity index is 1.55. The summed E-state index contributed by atoms with van der Waals surface area (Å²) >= 11 is 0. The molecule has 6 heteroatoms. The van der Waals surface area contributed by atoms with E-state index >= 15 is 0 Å². The molecule has 2 fully saturated rings. The molecule has 6 nitrogen and oxygen atoms in total. The molecule has 2 aliphatic rings. The molecule has 0 bridgehead atoms. The third-order valence-corrected chi connectivity index (χ3v) is 4.46. The number of nitrogens with one attached hydrogen (secondary N) is 1. The maximum atomic E-state index is 12.4. The van der Waals surface area contributed by atoms with Crippen molar-refractivity contribution in [1.29, 1.82) is 0 Å². The minimum Gasteiger partial charge on any atom is -0.455 e. The summed E-state index contributed by atoms with van der Waals surface area (Å²) in [5.74, 6) is 1.06. The zero-order chi connectivity index (χ0) is 16.1. The summed E-state index contributed by atoms with van der Waals surface area (Å²) < 4.78 is 16.8. The van der Waals surface area contributed by atoms with Crippen LogP contribution in [0, 0.1) is 0 Å². The van der Waals surface area contributed by atoms with E-state index in [0.29, 0.717) is 25.6 Å². The number of carbonyl (C=O) groups is 1. The van der Waals surface area contributed by atoms with Crippen molar-refractivity contribution in [2.24, 2.45) is 0 Å². The first kappa shape index (κ1) is 16.5. The summed E-state index contributed by atoms with van der Waals surface area (Å²) in [6.45, 7) is 6.74. The van der Waals surface area contributed by atoms with Crippen molar-refractivity contribution < 1.29 is 18.7 Å². The Kier molecular flexibility index (Phi) is 5.70. The molecule has 0 aliphatic carbocycles. The fraction of sp³-hybridized carbons (Fsp3) is 0.706. The Morgan fingerprint density at radius 2 is 2.22 bits per heavy atom. The number of ether oxygens (including phenoxy) is 2. The van der Waals surface area contributed by atoms with Gasteiger partial charge in [0.05, 0.1) is 19.2 Å². The number of nitrogens with zero attached hydrogens (tertiary/aromatic N) is 1. The highest BCUT2D eigenvalue weighted by Crippen LogP contribution is 2.16. The van der Waals surface area contributed by atoms with Crippen molar-refractivity contribution in [3.8, 4) is 0 Å². The third-order valence-electron chi connectivity index (χ3n) is 4.46. The van der Waals surface area contributed by atoms with Gasteiger partial charge in [-0.3, -0.25) is 9.69 Å². The lowest BCUT2D eigenvalue weighted by molar-refractivity contribution is -0.0634. The zero-order valence-corrected chi connectivity index (χ0v) is 13.8. The molecular weight excluding hydrogens is 296 g/mol. The molecule has 2 aliphatic heterocycles. The molecule has 23 heavy (non-hydrogen) atoms. The van der Waals surface area contributed by atoms with Crippen LogP contribution in [0.1, 0.15) is 42.5 Å². The third kappa shape index (κ3) is 4.34. The number of amides is 1. The molecule has 2 saturated heterocycles. The summed E-state index contributed by atoms with van der Waals surface area (Å²) in [5, 5.41) is 3.03. The van der Waals surface area contributed by atoms with Gasteiger partial charge in [-0.25, -0.2) is 0 Å². The number of likely N-dealkylation sites (tertiary alicyclic amines) is 1. The Morgan fingerprint density at radius 1 is 1.39 bits per heavy atom. The lowest BCUT2D eigenvalue weighted by Crippen LogP contribution is -2.49. The van der Waals surface area contributed by atoms with Crippen LogP contribution < -0.4 is 5.32 Å². The van der Waals surface area contributed by atoms with E-state index < -0.39 is 0 Å². The van der Waals surface area contributed by atoms with E-state index in [0.717, 1.165) is 31.8 Å². The Morgan fingerprint density at radius 3 is 3.00 bits per heavy atom. The first-order valence-electron chi connectivity index (χ1n) is 8.57. The van der Waals surface area contributed by atoms with Gasteiger partial charge in [0.25, 0.3) is 5.91 Å². The topological polar surface area (TPSA) is 63.9 Å². The maximum absolute atomic E-state index is 12.4. The summed E-state index contributed by atoms with van der Waals surface area (Å²) in [5.41, 5.74) is 0. The van der Waals surface area contributed by atoms with E-state index in [1.807, 2.05) is 13.0 Å². The van der Waals surface area contributed by atoms with Crippen molar-refractivity contribution in [2.45, 2.75) is 44.9 Å². The van der Waals surface area contributed by atoms with E-state index in [-0.39, 0.29) is 18.1 Å². The number of hydrogen-bond acceptors (Lipinski definition) is 5. The highest BCUT2D eigenvalue weighted by Gasteiger charge is 2.28.